The van der Waals surface area contributed by atoms with Crippen LogP contribution in [0.25, 0.3) is 0 Å². The topological polar surface area (TPSA) is 83.6 Å². The smallest absolute Gasteiger partial charge is 0.246 e. The Kier molecular flexibility index (Phi) is 4.60. The van der Waals surface area contributed by atoms with Gasteiger partial charge < -0.3 is 10.2 Å². The molecule has 1 fully saturated rings. The van der Waals surface area contributed by atoms with Gasteiger partial charge in [0.15, 0.2) is 9.84 Å². The van der Waals surface area contributed by atoms with Crippen LogP contribution in [0.4, 0.5) is 0 Å². The van der Waals surface area contributed by atoms with Crippen LogP contribution in [0.2, 0.25) is 0 Å². The molecule has 110 valence electrons. The van der Waals surface area contributed by atoms with E-state index in [-0.39, 0.29) is 30.7 Å². The quantitative estimate of drug-likeness (QED) is 0.768. The predicted molar refractivity (Wildman–Crippen MR) is 72.3 cm³/mol. The van der Waals surface area contributed by atoms with Gasteiger partial charge in [0, 0.05) is 6.54 Å². The van der Waals surface area contributed by atoms with E-state index < -0.39 is 20.6 Å². The molecule has 1 aliphatic rings. The Hall–Kier alpha value is -1.11. The molecule has 6 nitrogen and oxygen atoms in total. The van der Waals surface area contributed by atoms with Crippen molar-refractivity contribution in [3.05, 3.63) is 0 Å². The third kappa shape index (κ3) is 3.08. The summed E-state index contributed by atoms with van der Waals surface area (Å²) in [6.07, 6.45) is 0.451. The minimum Gasteiger partial charge on any atom is -0.345 e. The van der Waals surface area contributed by atoms with Crippen molar-refractivity contribution < 1.29 is 18.0 Å². The molecule has 0 aliphatic carbocycles. The summed E-state index contributed by atoms with van der Waals surface area (Å²) in [6, 6.07) is 0. The van der Waals surface area contributed by atoms with Gasteiger partial charge in [-0.2, -0.15) is 0 Å². The molecule has 1 N–H and O–H groups in total. The first kappa shape index (κ1) is 15.9. The van der Waals surface area contributed by atoms with Crippen LogP contribution < -0.4 is 5.32 Å². The lowest BCUT2D eigenvalue weighted by atomic mass is 9.93. The molecule has 1 rings (SSSR count). The summed E-state index contributed by atoms with van der Waals surface area (Å²) in [5.41, 5.74) is -0.957. The number of hydrogen-bond donors (Lipinski definition) is 1. The molecule has 1 heterocycles. The lowest BCUT2D eigenvalue weighted by molar-refractivity contribution is -0.152. The van der Waals surface area contributed by atoms with E-state index in [9.17, 15) is 18.0 Å². The maximum Gasteiger partial charge on any atom is 0.246 e. The van der Waals surface area contributed by atoms with Gasteiger partial charge in [-0.15, -0.1) is 0 Å². The molecular weight excluding hydrogens is 268 g/mol. The minimum atomic E-state index is -3.22. The van der Waals surface area contributed by atoms with Crippen LogP contribution in [-0.2, 0) is 19.4 Å². The summed E-state index contributed by atoms with van der Waals surface area (Å²) in [5.74, 6) is -0.571. The third-order valence-electron chi connectivity index (χ3n) is 3.79. The molecule has 19 heavy (non-hydrogen) atoms. The first-order valence-corrected chi connectivity index (χ1v) is 8.17. The summed E-state index contributed by atoms with van der Waals surface area (Å²) in [6.45, 7) is 6.70. The molecule has 0 saturated carbocycles. The van der Waals surface area contributed by atoms with Crippen molar-refractivity contribution >= 4 is 21.7 Å². The molecule has 1 unspecified atom stereocenters. The number of sulfone groups is 1. The summed E-state index contributed by atoms with van der Waals surface area (Å²) in [7, 11) is -3.22. The second-order valence-corrected chi connectivity index (χ2v) is 7.95. The number of amides is 2. The van der Waals surface area contributed by atoms with E-state index in [1.54, 1.807) is 20.8 Å². The van der Waals surface area contributed by atoms with Gasteiger partial charge in [0.1, 0.15) is 5.54 Å². The second-order valence-electron chi connectivity index (χ2n) is 5.27. The van der Waals surface area contributed by atoms with E-state index in [1.165, 1.54) is 4.90 Å². The van der Waals surface area contributed by atoms with Crippen LogP contribution in [0.3, 0.4) is 0 Å². The summed E-state index contributed by atoms with van der Waals surface area (Å²) >= 11 is 0. The van der Waals surface area contributed by atoms with Crippen LogP contribution in [0.1, 0.15) is 34.1 Å². The van der Waals surface area contributed by atoms with Gasteiger partial charge in [0.05, 0.1) is 17.5 Å². The van der Waals surface area contributed by atoms with Gasteiger partial charge in [0.25, 0.3) is 0 Å². The predicted octanol–water partition coefficient (Wildman–Crippen LogP) is -0.0633. The van der Waals surface area contributed by atoms with Gasteiger partial charge in [0.2, 0.25) is 11.8 Å². The van der Waals surface area contributed by atoms with Crippen LogP contribution >= 0.6 is 0 Å². The van der Waals surface area contributed by atoms with Gasteiger partial charge in [-0.1, -0.05) is 6.92 Å². The lowest BCUT2D eigenvalue weighted by Gasteiger charge is -2.43. The van der Waals surface area contributed by atoms with Crippen LogP contribution in [0.5, 0.6) is 0 Å². The number of rotatable bonds is 5. The van der Waals surface area contributed by atoms with Gasteiger partial charge in [-0.3, -0.25) is 9.59 Å². The third-order valence-corrected chi connectivity index (χ3v) is 5.98. The van der Waals surface area contributed by atoms with Crippen molar-refractivity contribution in [2.45, 2.75) is 44.9 Å². The van der Waals surface area contributed by atoms with Crippen molar-refractivity contribution in [2.75, 3.05) is 18.8 Å². The number of nitrogens with zero attached hydrogens (tertiary/aromatic N) is 1. The minimum absolute atomic E-state index is 0.0594. The molecule has 1 saturated heterocycles. The van der Waals surface area contributed by atoms with Gasteiger partial charge in [-0.05, 0) is 27.2 Å². The summed E-state index contributed by atoms with van der Waals surface area (Å²) in [4.78, 5) is 25.2. The molecule has 1 atom stereocenters. The standard InChI is InChI=1S/C12H22N2O4S/c1-5-12(4)11(16)13-8-10(15)14(12)6-7-19(17,18)9(2)3/h9H,5-8H2,1-4H3,(H,13,16). The molecule has 0 spiro atoms. The van der Waals surface area contributed by atoms with E-state index >= 15 is 0 Å². The van der Waals surface area contributed by atoms with E-state index in [0.29, 0.717) is 6.42 Å². The maximum atomic E-state index is 11.9. The molecular formula is C12H22N2O4S. The van der Waals surface area contributed by atoms with E-state index in [4.69, 9.17) is 0 Å². The van der Waals surface area contributed by atoms with Crippen LogP contribution in [0, 0.1) is 0 Å². The Morgan fingerprint density at radius 2 is 1.95 bits per heavy atom. The number of carbonyl (C=O) groups excluding carboxylic acids is 2. The fraction of sp³-hybridized carbons (Fsp3) is 0.833. The van der Waals surface area contributed by atoms with Crippen molar-refractivity contribution in [2.24, 2.45) is 0 Å². The average Bonchev–Trinajstić information content (AvgIpc) is 2.33. The average molecular weight is 290 g/mol. The highest BCUT2D eigenvalue weighted by molar-refractivity contribution is 7.92. The Bertz CT molecular complexity index is 472. The molecule has 2 amide bonds. The Balaban J connectivity index is 2.90. The monoisotopic (exact) mass is 290 g/mol. The first-order chi connectivity index (χ1) is 8.65. The number of piperazine rings is 1. The fourth-order valence-corrected chi connectivity index (χ4v) is 2.93. The summed E-state index contributed by atoms with van der Waals surface area (Å²) in [5, 5.41) is 2.07. The molecule has 0 aromatic carbocycles. The van der Waals surface area contributed by atoms with Gasteiger partial charge in [-0.25, -0.2) is 8.42 Å². The van der Waals surface area contributed by atoms with Gasteiger partial charge >= 0.3 is 0 Å². The normalized spacial score (nSPS) is 24.8. The van der Waals surface area contributed by atoms with Crippen molar-refractivity contribution in [3.63, 3.8) is 0 Å². The molecule has 0 aromatic rings. The zero-order valence-corrected chi connectivity index (χ0v) is 12.7. The van der Waals surface area contributed by atoms with Crippen LogP contribution in [0.15, 0.2) is 0 Å². The van der Waals surface area contributed by atoms with E-state index in [1.807, 2.05) is 6.92 Å². The van der Waals surface area contributed by atoms with E-state index in [2.05, 4.69) is 5.32 Å². The first-order valence-electron chi connectivity index (χ1n) is 6.45. The molecule has 0 radical (unpaired) electrons. The molecule has 7 heteroatoms. The molecule has 1 aliphatic heterocycles. The number of hydrogen-bond acceptors (Lipinski definition) is 4. The van der Waals surface area contributed by atoms with E-state index in [0.717, 1.165) is 0 Å². The molecule has 0 aromatic heterocycles. The zero-order chi connectivity index (χ0) is 14.8. The number of carbonyl (C=O) groups is 2. The second kappa shape index (κ2) is 5.48. The zero-order valence-electron chi connectivity index (χ0n) is 11.9. The van der Waals surface area contributed by atoms with Crippen molar-refractivity contribution in [3.8, 4) is 0 Å². The Labute approximate surface area is 114 Å². The maximum absolute atomic E-state index is 11.9. The highest BCUT2D eigenvalue weighted by Gasteiger charge is 2.44. The lowest BCUT2D eigenvalue weighted by Crippen LogP contribution is -2.66. The van der Waals surface area contributed by atoms with Crippen molar-refractivity contribution in [1.29, 1.82) is 0 Å². The van der Waals surface area contributed by atoms with Crippen molar-refractivity contribution in [1.82, 2.24) is 10.2 Å². The Morgan fingerprint density at radius 3 is 2.42 bits per heavy atom. The Morgan fingerprint density at radius 1 is 1.37 bits per heavy atom. The summed E-state index contributed by atoms with van der Waals surface area (Å²) < 4.78 is 23.6. The highest BCUT2D eigenvalue weighted by atomic mass is 32.2. The largest absolute Gasteiger partial charge is 0.345 e. The van der Waals surface area contributed by atoms with Crippen LogP contribution in [-0.4, -0.2) is 54.8 Å². The highest BCUT2D eigenvalue weighted by Crippen LogP contribution is 2.23. The molecule has 0 bridgehead atoms. The SMILES string of the molecule is CCC1(C)C(=O)NCC(=O)N1CCS(=O)(=O)C(C)C. The number of nitrogens with one attached hydrogen (secondary N) is 1. The fourth-order valence-electron chi connectivity index (χ4n) is 2.02.